The minimum Gasteiger partial charge on any atom is -0.381 e. The molecule has 2 atom stereocenters. The van der Waals surface area contributed by atoms with E-state index in [1.807, 2.05) is 36.4 Å². The van der Waals surface area contributed by atoms with Gasteiger partial charge >= 0.3 is 0 Å². The molecule has 2 N–H and O–H groups in total. The number of alkyl halides is 1. The molecule has 1 aromatic carbocycles. The van der Waals surface area contributed by atoms with Gasteiger partial charge in [-0.3, -0.25) is 9.78 Å². The third kappa shape index (κ3) is 4.54. The van der Waals surface area contributed by atoms with Crippen LogP contribution in [0.15, 0.2) is 48.8 Å². The standard InChI is InChI=1S/C24H29FN4O/c1-16(2)14-29-11-8-23(21(25)15-29)28-24(30)19-7-10-27-22-6-5-17(12-20(19)22)18-4-3-9-26-13-18/h3-7,9,12-13,16,21,23,27H,8,10-11,14-15H2,1-2H3,(H,28,30)/t21-,23-/m1/s1. The smallest absolute Gasteiger partial charge is 0.252 e. The van der Waals surface area contributed by atoms with E-state index >= 15 is 0 Å². The largest absolute Gasteiger partial charge is 0.381 e. The van der Waals surface area contributed by atoms with Crippen molar-refractivity contribution in [2.45, 2.75) is 32.5 Å². The van der Waals surface area contributed by atoms with Crippen molar-refractivity contribution in [3.63, 3.8) is 0 Å². The predicted octanol–water partition coefficient (Wildman–Crippen LogP) is 3.74. The SMILES string of the molecule is CC(C)CN1CC[C@@H](NC(=O)C2=CCNc3ccc(-c4cccnc4)cc32)[C@H](F)C1. The number of aromatic nitrogens is 1. The summed E-state index contributed by atoms with van der Waals surface area (Å²) in [4.78, 5) is 19.4. The summed E-state index contributed by atoms with van der Waals surface area (Å²) in [6.45, 7) is 6.94. The number of pyridine rings is 1. The quantitative estimate of drug-likeness (QED) is 0.791. The van der Waals surface area contributed by atoms with Crippen LogP contribution in [0.25, 0.3) is 16.7 Å². The number of benzene rings is 1. The summed E-state index contributed by atoms with van der Waals surface area (Å²) in [5, 5.41) is 6.27. The maximum absolute atomic E-state index is 14.8. The van der Waals surface area contributed by atoms with E-state index in [0.29, 0.717) is 31.0 Å². The molecule has 6 heteroatoms. The fourth-order valence-corrected chi connectivity index (χ4v) is 4.28. The Labute approximate surface area is 177 Å². The third-order valence-corrected chi connectivity index (χ3v) is 5.71. The molecular weight excluding hydrogens is 379 g/mol. The van der Waals surface area contributed by atoms with E-state index in [1.165, 1.54) is 0 Å². The molecule has 1 saturated heterocycles. The number of rotatable bonds is 5. The van der Waals surface area contributed by atoms with Gasteiger partial charge in [0.25, 0.3) is 5.91 Å². The zero-order valence-corrected chi connectivity index (χ0v) is 17.6. The maximum Gasteiger partial charge on any atom is 0.252 e. The van der Waals surface area contributed by atoms with Gasteiger partial charge in [-0.25, -0.2) is 4.39 Å². The van der Waals surface area contributed by atoms with Gasteiger partial charge in [-0.05, 0) is 36.1 Å². The van der Waals surface area contributed by atoms with Gasteiger partial charge in [0.05, 0.1) is 6.04 Å². The van der Waals surface area contributed by atoms with Gasteiger partial charge in [-0.2, -0.15) is 0 Å². The average molecular weight is 409 g/mol. The van der Waals surface area contributed by atoms with E-state index in [-0.39, 0.29) is 5.91 Å². The Balaban J connectivity index is 1.49. The third-order valence-electron chi connectivity index (χ3n) is 5.71. The molecule has 0 aliphatic carbocycles. The molecule has 5 nitrogen and oxygen atoms in total. The second kappa shape index (κ2) is 8.96. The highest BCUT2D eigenvalue weighted by Crippen LogP contribution is 2.32. The summed E-state index contributed by atoms with van der Waals surface area (Å²) in [6, 6.07) is 9.45. The van der Waals surface area contributed by atoms with Crippen molar-refractivity contribution in [2.75, 3.05) is 31.5 Å². The number of anilines is 1. The molecule has 30 heavy (non-hydrogen) atoms. The molecular formula is C24H29FN4O. The predicted molar refractivity (Wildman–Crippen MR) is 119 cm³/mol. The van der Waals surface area contributed by atoms with Gasteiger partial charge in [0.2, 0.25) is 0 Å². The number of nitrogens with one attached hydrogen (secondary N) is 2. The summed E-state index contributed by atoms with van der Waals surface area (Å²) in [5.74, 6) is 0.305. The average Bonchev–Trinajstić information content (AvgIpc) is 2.75. The van der Waals surface area contributed by atoms with E-state index in [0.717, 1.165) is 35.5 Å². The summed E-state index contributed by atoms with van der Waals surface area (Å²) < 4.78 is 14.8. The van der Waals surface area contributed by atoms with Gasteiger partial charge in [0, 0.05) is 61.0 Å². The van der Waals surface area contributed by atoms with Gasteiger partial charge in [0.1, 0.15) is 6.17 Å². The lowest BCUT2D eigenvalue weighted by molar-refractivity contribution is -0.117. The minimum atomic E-state index is -1.05. The number of amides is 1. The van der Waals surface area contributed by atoms with Crippen LogP contribution in [0.5, 0.6) is 0 Å². The number of carbonyl (C=O) groups is 1. The van der Waals surface area contributed by atoms with Gasteiger partial charge in [-0.1, -0.05) is 32.1 Å². The lowest BCUT2D eigenvalue weighted by atomic mass is 9.94. The monoisotopic (exact) mass is 408 g/mol. The Morgan fingerprint density at radius 1 is 1.33 bits per heavy atom. The molecule has 2 aliphatic rings. The summed E-state index contributed by atoms with van der Waals surface area (Å²) >= 11 is 0. The van der Waals surface area contributed by atoms with Crippen LogP contribution >= 0.6 is 0 Å². The van der Waals surface area contributed by atoms with Crippen LogP contribution in [0.2, 0.25) is 0 Å². The number of piperidine rings is 1. The minimum absolute atomic E-state index is 0.203. The highest BCUT2D eigenvalue weighted by molar-refractivity contribution is 6.22. The molecule has 4 rings (SSSR count). The van der Waals surface area contributed by atoms with E-state index in [1.54, 1.807) is 12.4 Å². The zero-order valence-electron chi connectivity index (χ0n) is 17.6. The molecule has 0 unspecified atom stereocenters. The van der Waals surface area contributed by atoms with Gasteiger partial charge in [-0.15, -0.1) is 0 Å². The first-order valence-electron chi connectivity index (χ1n) is 10.7. The van der Waals surface area contributed by atoms with E-state index in [4.69, 9.17) is 0 Å². The van der Waals surface area contributed by atoms with E-state index in [9.17, 15) is 9.18 Å². The highest BCUT2D eigenvalue weighted by atomic mass is 19.1. The van der Waals surface area contributed by atoms with Crippen LogP contribution in [0, 0.1) is 5.92 Å². The van der Waals surface area contributed by atoms with Crippen LogP contribution in [0.4, 0.5) is 10.1 Å². The molecule has 2 aliphatic heterocycles. The van der Waals surface area contributed by atoms with Crippen LogP contribution in [-0.4, -0.2) is 54.2 Å². The lowest BCUT2D eigenvalue weighted by Gasteiger charge is -2.36. The molecule has 1 fully saturated rings. The molecule has 158 valence electrons. The molecule has 0 saturated carbocycles. The molecule has 0 spiro atoms. The van der Waals surface area contributed by atoms with Crippen LogP contribution < -0.4 is 10.6 Å². The zero-order chi connectivity index (χ0) is 21.1. The molecule has 0 bridgehead atoms. The second-order valence-electron chi connectivity index (χ2n) is 8.54. The molecule has 1 aromatic heterocycles. The Bertz CT molecular complexity index is 928. The first kappa shape index (κ1) is 20.5. The summed E-state index contributed by atoms with van der Waals surface area (Å²) in [6.07, 6.45) is 5.01. The highest BCUT2D eigenvalue weighted by Gasteiger charge is 2.31. The van der Waals surface area contributed by atoms with Crippen molar-refractivity contribution in [3.8, 4) is 11.1 Å². The van der Waals surface area contributed by atoms with Crippen LogP contribution in [-0.2, 0) is 4.79 Å². The first-order valence-corrected chi connectivity index (χ1v) is 10.7. The Morgan fingerprint density at radius 3 is 2.93 bits per heavy atom. The second-order valence-corrected chi connectivity index (χ2v) is 8.54. The molecule has 1 amide bonds. The van der Waals surface area contributed by atoms with Crippen molar-refractivity contribution >= 4 is 17.2 Å². The number of carbonyl (C=O) groups excluding carboxylic acids is 1. The molecule has 3 heterocycles. The van der Waals surface area contributed by atoms with Crippen molar-refractivity contribution < 1.29 is 9.18 Å². The maximum atomic E-state index is 14.8. The van der Waals surface area contributed by atoms with Gasteiger partial charge < -0.3 is 15.5 Å². The van der Waals surface area contributed by atoms with E-state index in [2.05, 4.69) is 34.4 Å². The topological polar surface area (TPSA) is 57.3 Å². The number of halogens is 1. The van der Waals surface area contributed by atoms with Crippen LogP contribution in [0.3, 0.4) is 0 Å². The molecule has 2 aromatic rings. The Kier molecular flexibility index (Phi) is 6.13. The van der Waals surface area contributed by atoms with Crippen molar-refractivity contribution in [1.29, 1.82) is 0 Å². The Hall–Kier alpha value is -2.73. The Morgan fingerprint density at radius 2 is 2.20 bits per heavy atom. The van der Waals surface area contributed by atoms with Crippen molar-refractivity contribution in [2.24, 2.45) is 5.92 Å². The number of likely N-dealkylation sites (tertiary alicyclic amines) is 1. The lowest BCUT2D eigenvalue weighted by Crippen LogP contribution is -2.53. The van der Waals surface area contributed by atoms with Crippen LogP contribution in [0.1, 0.15) is 25.8 Å². The van der Waals surface area contributed by atoms with Crippen molar-refractivity contribution in [1.82, 2.24) is 15.2 Å². The van der Waals surface area contributed by atoms with E-state index < -0.39 is 12.2 Å². The summed E-state index contributed by atoms with van der Waals surface area (Å²) in [7, 11) is 0. The molecule has 0 radical (unpaired) electrons. The fraction of sp³-hybridized carbons (Fsp3) is 0.417. The number of nitrogens with zero attached hydrogens (tertiary/aromatic N) is 2. The number of fused-ring (bicyclic) bond motifs is 1. The first-order chi connectivity index (χ1) is 14.5. The fourth-order valence-electron chi connectivity index (χ4n) is 4.28. The number of hydrogen-bond acceptors (Lipinski definition) is 4. The van der Waals surface area contributed by atoms with Crippen molar-refractivity contribution in [3.05, 3.63) is 54.4 Å². The summed E-state index contributed by atoms with van der Waals surface area (Å²) in [5.41, 5.74) is 4.35. The van der Waals surface area contributed by atoms with Gasteiger partial charge in [0.15, 0.2) is 0 Å². The normalized spacial score (nSPS) is 21.5. The number of hydrogen-bond donors (Lipinski definition) is 2.